The summed E-state index contributed by atoms with van der Waals surface area (Å²) < 4.78 is 13.0. The Morgan fingerprint density at radius 3 is 2.57 bits per heavy atom. The van der Waals surface area contributed by atoms with Gasteiger partial charge in [-0.15, -0.1) is 0 Å². The second-order valence-corrected chi connectivity index (χ2v) is 3.62. The Kier molecular flexibility index (Phi) is 3.23. The summed E-state index contributed by atoms with van der Waals surface area (Å²) in [6.45, 7) is 11.7. The average Bonchev–Trinajstić information content (AvgIpc) is 2.16. The molecule has 0 aliphatic carbocycles. The molecule has 0 saturated carbocycles. The molecule has 1 aromatic rings. The zero-order valence-corrected chi connectivity index (χ0v) is 8.68. The van der Waals surface area contributed by atoms with Crippen LogP contribution >= 0.6 is 0 Å². The highest BCUT2D eigenvalue weighted by molar-refractivity contribution is 5.73. The molecule has 0 atom stereocenters. The molecule has 0 aromatic heterocycles. The number of rotatable bonds is 3. The Morgan fingerprint density at radius 2 is 2.07 bits per heavy atom. The van der Waals surface area contributed by atoms with E-state index in [1.54, 1.807) is 12.1 Å². The van der Waals surface area contributed by atoms with Crippen molar-refractivity contribution in [1.29, 1.82) is 0 Å². The maximum atomic E-state index is 13.0. The molecule has 0 saturated heterocycles. The molecular formula is C13H15F. The summed E-state index contributed by atoms with van der Waals surface area (Å²) in [6.07, 6.45) is 1.72. The highest BCUT2D eigenvalue weighted by atomic mass is 19.1. The molecular weight excluding hydrogens is 175 g/mol. The SMILES string of the molecule is C=Cc1ccc(F)cc1C(=C)C(C)C. The van der Waals surface area contributed by atoms with Gasteiger partial charge in [-0.1, -0.05) is 39.1 Å². The summed E-state index contributed by atoms with van der Waals surface area (Å²) in [7, 11) is 0. The summed E-state index contributed by atoms with van der Waals surface area (Å²) in [5, 5.41) is 0. The Balaban J connectivity index is 3.23. The van der Waals surface area contributed by atoms with Gasteiger partial charge in [0.25, 0.3) is 0 Å². The number of halogens is 1. The molecule has 0 spiro atoms. The van der Waals surface area contributed by atoms with E-state index in [1.165, 1.54) is 12.1 Å². The third kappa shape index (κ3) is 2.11. The third-order valence-corrected chi connectivity index (χ3v) is 2.28. The van der Waals surface area contributed by atoms with Crippen molar-refractivity contribution in [2.45, 2.75) is 13.8 Å². The molecule has 74 valence electrons. The summed E-state index contributed by atoms with van der Waals surface area (Å²) in [5.74, 6) is 0.0860. The second-order valence-electron chi connectivity index (χ2n) is 3.62. The van der Waals surface area contributed by atoms with Crippen LogP contribution in [0, 0.1) is 11.7 Å². The van der Waals surface area contributed by atoms with Gasteiger partial charge in [0.05, 0.1) is 0 Å². The molecule has 0 bridgehead atoms. The molecule has 0 aliphatic heterocycles. The molecule has 0 radical (unpaired) electrons. The molecule has 0 amide bonds. The Labute approximate surface area is 84.8 Å². The van der Waals surface area contributed by atoms with Crippen molar-refractivity contribution >= 4 is 11.6 Å². The molecule has 0 fully saturated rings. The fourth-order valence-corrected chi connectivity index (χ4v) is 1.30. The van der Waals surface area contributed by atoms with E-state index in [4.69, 9.17) is 0 Å². The van der Waals surface area contributed by atoms with Crippen LogP contribution in [0.2, 0.25) is 0 Å². The predicted octanol–water partition coefficient (Wildman–Crippen LogP) is 4.14. The summed E-state index contributed by atoms with van der Waals surface area (Å²) in [6, 6.07) is 4.68. The Morgan fingerprint density at radius 1 is 1.43 bits per heavy atom. The average molecular weight is 190 g/mol. The topological polar surface area (TPSA) is 0 Å². The lowest BCUT2D eigenvalue weighted by atomic mass is 9.93. The van der Waals surface area contributed by atoms with Gasteiger partial charge in [-0.2, -0.15) is 0 Å². The van der Waals surface area contributed by atoms with Crippen molar-refractivity contribution in [3.05, 3.63) is 48.3 Å². The summed E-state index contributed by atoms with van der Waals surface area (Å²) in [5.41, 5.74) is 2.74. The van der Waals surface area contributed by atoms with E-state index < -0.39 is 0 Å². The van der Waals surface area contributed by atoms with Crippen LogP contribution < -0.4 is 0 Å². The minimum Gasteiger partial charge on any atom is -0.207 e. The van der Waals surface area contributed by atoms with Crippen molar-refractivity contribution in [1.82, 2.24) is 0 Å². The molecule has 0 nitrogen and oxygen atoms in total. The highest BCUT2D eigenvalue weighted by Crippen LogP contribution is 2.25. The Hall–Kier alpha value is -1.37. The van der Waals surface area contributed by atoms with Crippen LogP contribution in [0.4, 0.5) is 4.39 Å². The smallest absolute Gasteiger partial charge is 0.123 e. The van der Waals surface area contributed by atoms with Gasteiger partial charge < -0.3 is 0 Å². The first-order valence-electron chi connectivity index (χ1n) is 4.67. The lowest BCUT2D eigenvalue weighted by molar-refractivity contribution is 0.627. The minimum atomic E-state index is -0.229. The van der Waals surface area contributed by atoms with E-state index in [9.17, 15) is 4.39 Å². The minimum absolute atomic E-state index is 0.229. The van der Waals surface area contributed by atoms with Crippen molar-refractivity contribution in [2.75, 3.05) is 0 Å². The number of benzene rings is 1. The fourth-order valence-electron chi connectivity index (χ4n) is 1.30. The number of hydrogen-bond acceptors (Lipinski definition) is 0. The maximum absolute atomic E-state index is 13.0. The molecule has 0 aliphatic rings. The first-order valence-corrected chi connectivity index (χ1v) is 4.67. The molecule has 0 unspecified atom stereocenters. The lowest BCUT2D eigenvalue weighted by Crippen LogP contribution is -1.95. The highest BCUT2D eigenvalue weighted by Gasteiger charge is 2.08. The van der Waals surface area contributed by atoms with E-state index in [1.807, 2.05) is 13.8 Å². The lowest BCUT2D eigenvalue weighted by Gasteiger charge is -2.12. The molecule has 0 N–H and O–H groups in total. The first kappa shape index (κ1) is 10.7. The van der Waals surface area contributed by atoms with Crippen LogP contribution in [-0.4, -0.2) is 0 Å². The zero-order valence-electron chi connectivity index (χ0n) is 8.68. The van der Waals surface area contributed by atoms with Crippen LogP contribution in [-0.2, 0) is 0 Å². The molecule has 1 aromatic carbocycles. The zero-order chi connectivity index (χ0) is 10.7. The van der Waals surface area contributed by atoms with Gasteiger partial charge in [0, 0.05) is 0 Å². The third-order valence-electron chi connectivity index (χ3n) is 2.28. The second kappa shape index (κ2) is 4.23. The normalized spacial score (nSPS) is 10.3. The van der Waals surface area contributed by atoms with E-state index in [-0.39, 0.29) is 5.82 Å². The van der Waals surface area contributed by atoms with Gasteiger partial charge in [0.2, 0.25) is 0 Å². The van der Waals surface area contributed by atoms with Crippen LogP contribution in [0.3, 0.4) is 0 Å². The van der Waals surface area contributed by atoms with Gasteiger partial charge >= 0.3 is 0 Å². The molecule has 0 heterocycles. The standard InChI is InChI=1S/C13H15F/c1-5-11-6-7-12(14)8-13(11)10(4)9(2)3/h5-9H,1,4H2,2-3H3. The largest absolute Gasteiger partial charge is 0.207 e. The van der Waals surface area contributed by atoms with E-state index in [0.717, 1.165) is 16.7 Å². The van der Waals surface area contributed by atoms with Crippen LogP contribution in [0.5, 0.6) is 0 Å². The predicted molar refractivity (Wildman–Crippen MR) is 60.4 cm³/mol. The maximum Gasteiger partial charge on any atom is 0.123 e. The van der Waals surface area contributed by atoms with Crippen LogP contribution in [0.25, 0.3) is 11.6 Å². The van der Waals surface area contributed by atoms with Gasteiger partial charge in [0.1, 0.15) is 5.82 Å². The van der Waals surface area contributed by atoms with Crippen LogP contribution in [0.1, 0.15) is 25.0 Å². The van der Waals surface area contributed by atoms with Crippen molar-refractivity contribution in [2.24, 2.45) is 5.92 Å². The molecule has 14 heavy (non-hydrogen) atoms. The van der Waals surface area contributed by atoms with Crippen molar-refractivity contribution in [3.8, 4) is 0 Å². The Bertz CT molecular complexity index is 361. The molecule has 1 heteroatoms. The van der Waals surface area contributed by atoms with Crippen LogP contribution in [0.15, 0.2) is 31.4 Å². The first-order chi connectivity index (χ1) is 6.56. The van der Waals surface area contributed by atoms with Gasteiger partial charge in [-0.3, -0.25) is 0 Å². The fraction of sp³-hybridized carbons (Fsp3) is 0.231. The van der Waals surface area contributed by atoms with E-state index in [0.29, 0.717) is 5.92 Å². The molecule has 1 rings (SSSR count). The van der Waals surface area contributed by atoms with Gasteiger partial charge in [-0.25, -0.2) is 4.39 Å². The summed E-state index contributed by atoms with van der Waals surface area (Å²) in [4.78, 5) is 0. The quantitative estimate of drug-likeness (QED) is 0.672. The van der Waals surface area contributed by atoms with E-state index >= 15 is 0 Å². The van der Waals surface area contributed by atoms with Gasteiger partial charge in [0.15, 0.2) is 0 Å². The van der Waals surface area contributed by atoms with E-state index in [2.05, 4.69) is 13.2 Å². The monoisotopic (exact) mass is 190 g/mol. The summed E-state index contributed by atoms with van der Waals surface area (Å²) >= 11 is 0. The van der Waals surface area contributed by atoms with Crippen molar-refractivity contribution < 1.29 is 4.39 Å². The number of allylic oxidation sites excluding steroid dienone is 1. The number of hydrogen-bond donors (Lipinski definition) is 0. The van der Waals surface area contributed by atoms with Crippen molar-refractivity contribution in [3.63, 3.8) is 0 Å². The van der Waals surface area contributed by atoms with Gasteiger partial charge in [-0.05, 0) is 34.8 Å².